The lowest BCUT2D eigenvalue weighted by Gasteiger charge is -2.67. The van der Waals surface area contributed by atoms with Crippen molar-refractivity contribution >= 4 is 11.9 Å². The van der Waals surface area contributed by atoms with E-state index in [4.69, 9.17) is 28.4 Å². The molecule has 8 unspecified atom stereocenters. The number of aliphatic hydroxyl groups is 4. The molecule has 3 aliphatic carbocycles. The Hall–Kier alpha value is -3.20. The molecule has 12 nitrogen and oxygen atoms in total. The van der Waals surface area contributed by atoms with Gasteiger partial charge in [-0.25, -0.2) is 9.59 Å². The highest BCUT2D eigenvalue weighted by atomic mass is 16.8. The normalized spacial score (nSPS) is 49.6. The van der Waals surface area contributed by atoms with Crippen LogP contribution in [-0.2, 0) is 28.4 Å². The van der Waals surface area contributed by atoms with Crippen molar-refractivity contribution in [2.24, 2.45) is 35.5 Å². The van der Waals surface area contributed by atoms with Crippen LogP contribution in [0.5, 0.6) is 0 Å². The second-order valence-corrected chi connectivity index (χ2v) is 15.9. The van der Waals surface area contributed by atoms with Gasteiger partial charge in [0.1, 0.15) is 35.6 Å². The summed E-state index contributed by atoms with van der Waals surface area (Å²) in [5.74, 6) is -5.06. The highest BCUT2D eigenvalue weighted by molar-refractivity contribution is 5.90. The van der Waals surface area contributed by atoms with Gasteiger partial charge in [-0.1, -0.05) is 56.8 Å². The van der Waals surface area contributed by atoms with Crippen LogP contribution in [0.4, 0.5) is 0 Å². The molecule has 51 heavy (non-hydrogen) atoms. The van der Waals surface area contributed by atoms with Gasteiger partial charge in [-0.3, -0.25) is 0 Å². The smallest absolute Gasteiger partial charge is 0.338 e. The lowest BCUT2D eigenvalue weighted by atomic mass is 9.51. The molecule has 8 fully saturated rings. The number of carbonyl (C=O) groups excluding carboxylic acids is 2. The molecule has 2 aromatic carbocycles. The fraction of sp³-hybridized carbons (Fsp3) is 0.590. The van der Waals surface area contributed by atoms with Crippen molar-refractivity contribution in [3.63, 3.8) is 0 Å². The van der Waals surface area contributed by atoms with E-state index in [2.05, 4.69) is 6.58 Å². The number of rotatable bonds is 8. The molecule has 3 saturated carbocycles. The van der Waals surface area contributed by atoms with Gasteiger partial charge in [0.05, 0.1) is 48.1 Å². The SMILES string of the molecule is C=C(C)[C@]12OC1O[C@@H]2C1[C@@H]2O[C@]2(CO)C(O)C2(O)C(OC(=O)c3ccccc3)C(C)[C@@H]3C(C)C[C@@H](O)C4O[C@@]1([C@@H]4COC(=O)c1ccccc1)[C@H]32. The number of benzene rings is 2. The van der Waals surface area contributed by atoms with Crippen LogP contribution in [0.1, 0.15) is 47.9 Å². The van der Waals surface area contributed by atoms with E-state index in [0.29, 0.717) is 11.1 Å². The maximum Gasteiger partial charge on any atom is 0.338 e. The minimum absolute atomic E-state index is 0.200. The molecule has 8 aliphatic rings. The Bertz CT molecular complexity index is 1750. The molecule has 10 rings (SSSR count). The van der Waals surface area contributed by atoms with Crippen LogP contribution in [0.3, 0.4) is 0 Å². The van der Waals surface area contributed by atoms with Gasteiger partial charge >= 0.3 is 11.9 Å². The molecule has 1 spiro atoms. The topological polar surface area (TPSA) is 177 Å². The number of ether oxygens (including phenoxy) is 6. The zero-order valence-corrected chi connectivity index (χ0v) is 28.7. The number of aliphatic hydroxyl groups excluding tert-OH is 3. The number of hydrogen-bond donors (Lipinski definition) is 4. The van der Waals surface area contributed by atoms with Crippen molar-refractivity contribution in [1.29, 1.82) is 0 Å². The average Bonchev–Trinajstić information content (AvgIpc) is 3.98. The molecule has 12 heteroatoms. The fourth-order valence-electron chi connectivity index (χ4n) is 11.3. The van der Waals surface area contributed by atoms with E-state index >= 15 is 0 Å². The van der Waals surface area contributed by atoms with Gasteiger partial charge in [0.15, 0.2) is 11.9 Å². The Morgan fingerprint density at radius 1 is 0.941 bits per heavy atom. The van der Waals surface area contributed by atoms with Crippen LogP contribution in [0.25, 0.3) is 0 Å². The summed E-state index contributed by atoms with van der Waals surface area (Å²) in [5.41, 5.74) is -4.97. The highest BCUT2D eigenvalue weighted by Crippen LogP contribution is 2.75. The lowest BCUT2D eigenvalue weighted by molar-refractivity contribution is -0.384. The summed E-state index contributed by atoms with van der Waals surface area (Å²) in [6, 6.07) is 17.0. The number of carbonyl (C=O) groups is 2. The summed E-state index contributed by atoms with van der Waals surface area (Å²) in [5, 5.41) is 48.8. The number of hydrogen-bond acceptors (Lipinski definition) is 12. The second kappa shape index (κ2) is 11.2. The van der Waals surface area contributed by atoms with Crippen LogP contribution in [0.15, 0.2) is 72.8 Å². The molecule has 5 heterocycles. The van der Waals surface area contributed by atoms with Crippen molar-refractivity contribution in [3.05, 3.63) is 83.9 Å². The van der Waals surface area contributed by atoms with E-state index in [0.717, 1.165) is 0 Å². The van der Waals surface area contributed by atoms with Crippen molar-refractivity contribution in [3.8, 4) is 0 Å². The number of fused-ring (bicyclic) bond motifs is 4. The molecule has 5 aliphatic heterocycles. The highest BCUT2D eigenvalue weighted by Gasteiger charge is 2.91. The van der Waals surface area contributed by atoms with Crippen LogP contribution in [0, 0.1) is 35.5 Å². The standard InChI is InChI=1S/C39H44O12/c1-18(2)38-31(48-35(38)51-38)26-30-36(17-40,50-30)34(44)37(45)28-25(20(4)29(37)47-33(43)22-13-9-6-10-14-22)19(3)15-24(41)27-23(39(26,28)49-27)16-46-32(42)21-11-7-5-8-12-21/h5-14,19-20,23-31,34-35,40-41,44-45H,1,15-17H2,2-4H3/t19?,20?,23-,24-,25+,26?,27?,28-,29?,30+,31-,34?,35?,36+,37?,38-,39-/m1/s1. The fourth-order valence-corrected chi connectivity index (χ4v) is 11.3. The molecule has 0 aromatic heterocycles. The van der Waals surface area contributed by atoms with Crippen molar-refractivity contribution < 1.29 is 58.4 Å². The maximum atomic E-state index is 13.7. The molecule has 17 atom stereocenters. The minimum Gasteiger partial charge on any atom is -0.462 e. The van der Waals surface area contributed by atoms with Gasteiger partial charge < -0.3 is 48.8 Å². The van der Waals surface area contributed by atoms with E-state index in [-0.39, 0.29) is 24.5 Å². The predicted molar refractivity (Wildman–Crippen MR) is 176 cm³/mol. The van der Waals surface area contributed by atoms with E-state index in [1.54, 1.807) is 60.7 Å². The largest absolute Gasteiger partial charge is 0.462 e. The van der Waals surface area contributed by atoms with E-state index < -0.39 is 113 Å². The van der Waals surface area contributed by atoms with E-state index in [1.807, 2.05) is 20.8 Å². The summed E-state index contributed by atoms with van der Waals surface area (Å²) in [4.78, 5) is 27.2. The Labute approximate surface area is 295 Å². The Balaban J connectivity index is 1.22. The monoisotopic (exact) mass is 704 g/mol. The third kappa shape index (κ3) is 4.19. The summed E-state index contributed by atoms with van der Waals surface area (Å²) >= 11 is 0. The molecule has 4 N–H and O–H groups in total. The molecule has 0 radical (unpaired) electrons. The zero-order valence-electron chi connectivity index (χ0n) is 28.7. The summed E-state index contributed by atoms with van der Waals surface area (Å²) in [6.07, 6.45) is -6.75. The Kier molecular flexibility index (Phi) is 7.36. The molecule has 2 aromatic rings. The number of esters is 2. The zero-order chi connectivity index (χ0) is 35.8. The molecule has 0 amide bonds. The van der Waals surface area contributed by atoms with Crippen molar-refractivity contribution in [2.75, 3.05) is 13.2 Å². The third-order valence-corrected chi connectivity index (χ3v) is 13.6. The molecule has 5 saturated heterocycles. The van der Waals surface area contributed by atoms with Gasteiger partial charge in [-0.15, -0.1) is 0 Å². The van der Waals surface area contributed by atoms with Crippen LogP contribution >= 0.6 is 0 Å². The first-order valence-electron chi connectivity index (χ1n) is 17.9. The van der Waals surface area contributed by atoms with E-state index in [9.17, 15) is 30.0 Å². The van der Waals surface area contributed by atoms with Gasteiger partial charge in [0.25, 0.3) is 0 Å². The van der Waals surface area contributed by atoms with Gasteiger partial charge in [0, 0.05) is 11.8 Å². The summed E-state index contributed by atoms with van der Waals surface area (Å²) in [6.45, 7) is 9.03. The summed E-state index contributed by atoms with van der Waals surface area (Å²) in [7, 11) is 0. The second-order valence-electron chi connectivity index (χ2n) is 15.9. The molecule has 2 bridgehead atoms. The van der Waals surface area contributed by atoms with E-state index in [1.165, 1.54) is 0 Å². The van der Waals surface area contributed by atoms with Crippen molar-refractivity contribution in [1.82, 2.24) is 0 Å². The number of epoxide rings is 2. The van der Waals surface area contributed by atoms with Gasteiger partial charge in [-0.05, 0) is 60.9 Å². The first-order valence-corrected chi connectivity index (χ1v) is 17.9. The Morgan fingerprint density at radius 3 is 2.18 bits per heavy atom. The first-order chi connectivity index (χ1) is 24.4. The Morgan fingerprint density at radius 2 is 1.59 bits per heavy atom. The van der Waals surface area contributed by atoms with Crippen LogP contribution < -0.4 is 0 Å². The van der Waals surface area contributed by atoms with Crippen LogP contribution in [-0.4, -0.2) is 111 Å². The van der Waals surface area contributed by atoms with Gasteiger partial charge in [0.2, 0.25) is 0 Å². The first kappa shape index (κ1) is 33.6. The van der Waals surface area contributed by atoms with Crippen LogP contribution in [0.2, 0.25) is 0 Å². The minimum atomic E-state index is -2.23. The lowest BCUT2D eigenvalue weighted by Crippen LogP contribution is -2.80. The third-order valence-electron chi connectivity index (χ3n) is 13.6. The molecule has 272 valence electrons. The summed E-state index contributed by atoms with van der Waals surface area (Å²) < 4.78 is 38.1. The molecular weight excluding hydrogens is 660 g/mol. The van der Waals surface area contributed by atoms with Crippen molar-refractivity contribution in [2.45, 2.75) is 92.5 Å². The average molecular weight is 705 g/mol. The quantitative estimate of drug-likeness (QED) is 0.179. The van der Waals surface area contributed by atoms with Gasteiger partial charge in [-0.2, -0.15) is 0 Å². The maximum absolute atomic E-state index is 13.7. The predicted octanol–water partition coefficient (Wildman–Crippen LogP) is 2.03. The molecular formula is C39H44O12.